The number of fused-ring (bicyclic) bond motifs is 1. The number of thioether (sulfide) groups is 1. The number of aliphatic imine (C=N–C) groups is 1. The molecule has 0 radical (unpaired) electrons. The van der Waals surface area contributed by atoms with Gasteiger partial charge >= 0.3 is 6.09 Å². The van der Waals surface area contributed by atoms with Gasteiger partial charge in [-0.1, -0.05) is 23.4 Å². The molecular formula is C24H24ClF2N5O4S. The summed E-state index contributed by atoms with van der Waals surface area (Å²) >= 11 is 6.75. The van der Waals surface area contributed by atoms with Crippen molar-refractivity contribution in [2.75, 3.05) is 5.32 Å². The minimum atomic E-state index is -1.51. The maximum atomic E-state index is 15.2. The van der Waals surface area contributed by atoms with Crippen LogP contribution in [0.4, 0.5) is 19.3 Å². The number of carbonyl (C=O) groups is 3. The highest BCUT2D eigenvalue weighted by atomic mass is 35.5. The number of primary amides is 1. The number of amides is 3. The van der Waals surface area contributed by atoms with E-state index in [0.717, 1.165) is 17.8 Å². The second kappa shape index (κ2) is 9.25. The fourth-order valence-corrected chi connectivity index (χ4v) is 5.79. The van der Waals surface area contributed by atoms with E-state index < -0.39 is 51.3 Å². The van der Waals surface area contributed by atoms with E-state index >= 15 is 4.39 Å². The van der Waals surface area contributed by atoms with Crippen molar-refractivity contribution in [2.45, 2.75) is 50.0 Å². The number of halogens is 3. The predicted molar refractivity (Wildman–Crippen MR) is 135 cm³/mol. The Bertz CT molecular complexity index is 1330. The van der Waals surface area contributed by atoms with Crippen molar-refractivity contribution in [1.82, 2.24) is 10.3 Å². The molecular weight excluding hydrogens is 528 g/mol. The highest BCUT2D eigenvalue weighted by Crippen LogP contribution is 2.66. The second-order valence-electron chi connectivity index (χ2n) is 9.94. The van der Waals surface area contributed by atoms with Gasteiger partial charge in [-0.05, 0) is 52.3 Å². The first-order chi connectivity index (χ1) is 17.1. The summed E-state index contributed by atoms with van der Waals surface area (Å²) in [6.45, 7) is 6.53. The summed E-state index contributed by atoms with van der Waals surface area (Å²) in [6.07, 6.45) is 0.667. The molecule has 1 aliphatic carbocycles. The smallest absolute Gasteiger partial charge is 0.413 e. The molecule has 1 aliphatic heterocycles. The molecule has 0 spiro atoms. The number of aromatic nitrogens is 1. The number of amidine groups is 1. The molecule has 37 heavy (non-hydrogen) atoms. The minimum Gasteiger partial charge on any atom is -0.444 e. The van der Waals surface area contributed by atoms with E-state index in [0.29, 0.717) is 5.02 Å². The van der Waals surface area contributed by atoms with E-state index in [1.807, 2.05) is 0 Å². The van der Waals surface area contributed by atoms with Gasteiger partial charge in [-0.3, -0.25) is 19.9 Å². The molecule has 0 bridgehead atoms. The first-order valence-corrected chi connectivity index (χ1v) is 12.4. The van der Waals surface area contributed by atoms with Gasteiger partial charge in [-0.2, -0.15) is 0 Å². The Labute approximate surface area is 220 Å². The second-order valence-corrected chi connectivity index (χ2v) is 11.7. The van der Waals surface area contributed by atoms with Crippen LogP contribution in [0.2, 0.25) is 5.02 Å². The zero-order valence-corrected chi connectivity index (χ0v) is 21.9. The number of nitrogens with zero attached hydrogens (tertiary/aromatic N) is 2. The van der Waals surface area contributed by atoms with Crippen LogP contribution in [-0.4, -0.2) is 38.4 Å². The molecule has 1 aromatic carbocycles. The number of nitrogens with two attached hydrogens (primary N) is 1. The first kappa shape index (κ1) is 26.8. The summed E-state index contributed by atoms with van der Waals surface area (Å²) < 4.78 is 34.1. The summed E-state index contributed by atoms with van der Waals surface area (Å²) in [5.41, 5.74) is 3.09. The van der Waals surface area contributed by atoms with Crippen molar-refractivity contribution >= 4 is 52.1 Å². The third-order valence-corrected chi connectivity index (χ3v) is 7.64. The SMILES string of the molecule is CC(C)(C)OC(=O)NC1=N[C@](C)(c2cc(NC(=O)c3ccc(Cl)cn3)cc(F)c2F)C2C[C@]2(C(N)=O)S1. The standard InChI is InChI=1S/C24H24ClF2N5O4S/c1-22(2,3)36-21(35)31-20-32-23(4,16-9-24(16,37-20)19(28)34)13-7-12(8-14(26)17(13)27)30-18(33)15-6-5-11(25)10-29-15/h5-8,10,16H,9H2,1-4H3,(H2,28,34)(H,30,33)(H,31,32,35)/t16?,23-,24+/m1/s1. The van der Waals surface area contributed by atoms with Crippen molar-refractivity contribution in [3.63, 3.8) is 0 Å². The molecule has 2 aliphatic rings. The molecule has 1 fully saturated rings. The normalized spacial score (nSPS) is 24.4. The number of anilines is 1. The van der Waals surface area contributed by atoms with Crippen LogP contribution in [0.3, 0.4) is 0 Å². The largest absolute Gasteiger partial charge is 0.444 e. The van der Waals surface area contributed by atoms with E-state index in [9.17, 15) is 18.8 Å². The maximum absolute atomic E-state index is 15.2. The Morgan fingerprint density at radius 3 is 2.51 bits per heavy atom. The lowest BCUT2D eigenvalue weighted by Gasteiger charge is -2.34. The quantitative estimate of drug-likeness (QED) is 0.517. The lowest BCUT2D eigenvalue weighted by Crippen LogP contribution is -2.45. The molecule has 4 rings (SSSR count). The third-order valence-electron chi connectivity index (χ3n) is 6.02. The first-order valence-electron chi connectivity index (χ1n) is 11.2. The van der Waals surface area contributed by atoms with E-state index in [-0.39, 0.29) is 28.5 Å². The van der Waals surface area contributed by atoms with Crippen LogP contribution >= 0.6 is 23.4 Å². The maximum Gasteiger partial charge on any atom is 0.413 e. The summed E-state index contributed by atoms with van der Waals surface area (Å²) in [4.78, 5) is 45.8. The molecule has 1 unspecified atom stereocenters. The minimum absolute atomic E-state index is 0.00719. The fraction of sp³-hybridized carbons (Fsp3) is 0.375. The van der Waals surface area contributed by atoms with E-state index in [4.69, 9.17) is 22.1 Å². The Kier molecular flexibility index (Phi) is 6.70. The average Bonchev–Trinajstić information content (AvgIpc) is 3.52. The van der Waals surface area contributed by atoms with Gasteiger partial charge in [-0.15, -0.1) is 0 Å². The number of hydrogen-bond acceptors (Lipinski definition) is 7. The number of ether oxygens (including phenoxy) is 1. The molecule has 196 valence electrons. The van der Waals surface area contributed by atoms with Crippen molar-refractivity contribution in [3.05, 3.63) is 58.4 Å². The van der Waals surface area contributed by atoms with Crippen molar-refractivity contribution in [3.8, 4) is 0 Å². The molecule has 13 heteroatoms. The fourth-order valence-electron chi connectivity index (χ4n) is 4.24. The number of benzene rings is 1. The molecule has 1 saturated carbocycles. The predicted octanol–water partition coefficient (Wildman–Crippen LogP) is 4.35. The lowest BCUT2D eigenvalue weighted by atomic mass is 9.85. The Balaban J connectivity index is 1.72. The van der Waals surface area contributed by atoms with Gasteiger partial charge in [0.1, 0.15) is 16.0 Å². The zero-order chi connectivity index (χ0) is 27.3. The zero-order valence-electron chi connectivity index (χ0n) is 20.3. The van der Waals surface area contributed by atoms with Gasteiger partial charge in [0.25, 0.3) is 5.91 Å². The van der Waals surface area contributed by atoms with Gasteiger partial charge in [-0.25, -0.2) is 18.6 Å². The van der Waals surface area contributed by atoms with Crippen molar-refractivity contribution in [1.29, 1.82) is 0 Å². The van der Waals surface area contributed by atoms with E-state index in [1.165, 1.54) is 31.3 Å². The Morgan fingerprint density at radius 2 is 1.92 bits per heavy atom. The third kappa shape index (κ3) is 5.26. The lowest BCUT2D eigenvalue weighted by molar-refractivity contribution is -0.118. The summed E-state index contributed by atoms with van der Waals surface area (Å²) in [5.74, 6) is -4.39. The Hall–Kier alpha value is -3.25. The number of rotatable bonds is 4. The van der Waals surface area contributed by atoms with Crippen molar-refractivity contribution in [2.24, 2.45) is 16.6 Å². The molecule has 2 aromatic rings. The number of pyridine rings is 1. The number of alkyl carbamates (subject to hydrolysis) is 1. The van der Waals surface area contributed by atoms with Gasteiger partial charge in [0, 0.05) is 29.4 Å². The van der Waals surface area contributed by atoms with Crippen molar-refractivity contribution < 1.29 is 27.9 Å². The van der Waals surface area contributed by atoms with Crippen LogP contribution in [0.25, 0.3) is 0 Å². The van der Waals surface area contributed by atoms with E-state index in [1.54, 1.807) is 20.8 Å². The molecule has 3 amide bonds. The number of hydrogen-bond donors (Lipinski definition) is 3. The molecule has 1 aromatic heterocycles. The summed E-state index contributed by atoms with van der Waals surface area (Å²) in [6, 6.07) is 4.90. The van der Waals surface area contributed by atoms with Crippen LogP contribution in [0.1, 0.15) is 50.2 Å². The van der Waals surface area contributed by atoms with Crippen LogP contribution in [-0.2, 0) is 15.1 Å². The van der Waals surface area contributed by atoms with Gasteiger partial charge in [0.15, 0.2) is 16.8 Å². The average molecular weight is 552 g/mol. The van der Waals surface area contributed by atoms with E-state index in [2.05, 4.69) is 20.6 Å². The topological polar surface area (TPSA) is 136 Å². The van der Waals surface area contributed by atoms with Gasteiger partial charge in [0.05, 0.1) is 10.6 Å². The van der Waals surface area contributed by atoms with Gasteiger partial charge in [0.2, 0.25) is 5.91 Å². The molecule has 4 N–H and O–H groups in total. The number of carbonyl (C=O) groups excluding carboxylic acids is 3. The van der Waals surface area contributed by atoms with Crippen LogP contribution < -0.4 is 16.4 Å². The van der Waals surface area contributed by atoms with Crippen LogP contribution in [0, 0.1) is 17.6 Å². The van der Waals surface area contributed by atoms with Gasteiger partial charge < -0.3 is 15.8 Å². The molecule has 2 heterocycles. The van der Waals surface area contributed by atoms with Crippen LogP contribution in [0.15, 0.2) is 35.5 Å². The highest BCUT2D eigenvalue weighted by Gasteiger charge is 2.70. The number of nitrogens with one attached hydrogen (secondary N) is 2. The summed E-state index contributed by atoms with van der Waals surface area (Å²) in [5, 5.41) is 5.27. The molecule has 3 atom stereocenters. The van der Waals surface area contributed by atoms with Crippen LogP contribution in [0.5, 0.6) is 0 Å². The monoisotopic (exact) mass is 551 g/mol. The molecule has 9 nitrogen and oxygen atoms in total. The summed E-state index contributed by atoms with van der Waals surface area (Å²) in [7, 11) is 0. The highest BCUT2D eigenvalue weighted by molar-refractivity contribution is 8.16. The molecule has 0 saturated heterocycles. The Morgan fingerprint density at radius 1 is 1.22 bits per heavy atom.